The second-order valence-electron chi connectivity index (χ2n) is 9.03. The maximum absolute atomic E-state index is 4.01. The van der Waals surface area contributed by atoms with Crippen molar-refractivity contribution in [2.24, 2.45) is 0 Å². The Kier molecular flexibility index (Phi) is 6.82. The van der Waals surface area contributed by atoms with Crippen molar-refractivity contribution in [2.75, 3.05) is 52.9 Å². The lowest BCUT2D eigenvalue weighted by Gasteiger charge is -2.36. The van der Waals surface area contributed by atoms with E-state index in [0.717, 1.165) is 18.1 Å². The molecule has 3 aliphatic rings. The fourth-order valence-corrected chi connectivity index (χ4v) is 5.20. The van der Waals surface area contributed by atoms with Crippen molar-refractivity contribution < 1.29 is 0 Å². The first-order chi connectivity index (χ1) is 13.3. The van der Waals surface area contributed by atoms with Crippen molar-refractivity contribution in [3.63, 3.8) is 0 Å². The van der Waals surface area contributed by atoms with Crippen LogP contribution in [0.1, 0.15) is 37.7 Å². The second-order valence-corrected chi connectivity index (χ2v) is 9.03. The average Bonchev–Trinajstić information content (AvgIpc) is 3.17. The molecule has 1 atom stereocenters. The molecule has 3 fully saturated rings. The fourth-order valence-electron chi connectivity index (χ4n) is 5.20. The predicted molar refractivity (Wildman–Crippen MR) is 113 cm³/mol. The molecule has 0 amide bonds. The second kappa shape index (κ2) is 9.51. The standard InChI is InChI=1S/C23H38N4/c1-25-13-11-23(12-14-25)27-18-10-22(19-27)24-21-8-16-26(17-9-21)15-7-20-5-3-2-4-6-20/h2-6,21-24H,7-19H2,1H3. The molecule has 3 saturated heterocycles. The lowest BCUT2D eigenvalue weighted by molar-refractivity contribution is 0.139. The maximum Gasteiger partial charge on any atom is 0.0209 e. The summed E-state index contributed by atoms with van der Waals surface area (Å²) in [6.07, 6.45) is 7.90. The number of nitrogens with zero attached hydrogens (tertiary/aromatic N) is 3. The van der Waals surface area contributed by atoms with E-state index in [1.54, 1.807) is 0 Å². The molecule has 1 aromatic rings. The zero-order valence-electron chi connectivity index (χ0n) is 17.2. The van der Waals surface area contributed by atoms with Gasteiger partial charge in [-0.25, -0.2) is 0 Å². The highest BCUT2D eigenvalue weighted by Gasteiger charge is 2.31. The van der Waals surface area contributed by atoms with Crippen LogP contribution in [0.2, 0.25) is 0 Å². The SMILES string of the molecule is CN1CCC(N2CCC(NC3CCN(CCc4ccccc4)CC3)C2)CC1. The van der Waals surface area contributed by atoms with Crippen LogP contribution in [-0.2, 0) is 6.42 Å². The van der Waals surface area contributed by atoms with Gasteiger partial charge >= 0.3 is 0 Å². The van der Waals surface area contributed by atoms with Crippen LogP contribution in [0.4, 0.5) is 0 Å². The van der Waals surface area contributed by atoms with E-state index in [1.807, 2.05) is 0 Å². The molecule has 1 N–H and O–H groups in total. The monoisotopic (exact) mass is 370 g/mol. The van der Waals surface area contributed by atoms with Crippen molar-refractivity contribution in [2.45, 2.75) is 56.7 Å². The van der Waals surface area contributed by atoms with Crippen LogP contribution in [0.3, 0.4) is 0 Å². The number of likely N-dealkylation sites (tertiary alicyclic amines) is 3. The third kappa shape index (κ3) is 5.54. The normalized spacial score (nSPS) is 27.4. The average molecular weight is 371 g/mol. The minimum atomic E-state index is 0.727. The van der Waals surface area contributed by atoms with Gasteiger partial charge in [0.25, 0.3) is 0 Å². The van der Waals surface area contributed by atoms with E-state index in [1.165, 1.54) is 89.9 Å². The Labute approximate surface area is 165 Å². The zero-order valence-corrected chi connectivity index (χ0v) is 17.2. The summed E-state index contributed by atoms with van der Waals surface area (Å²) < 4.78 is 0. The van der Waals surface area contributed by atoms with Crippen LogP contribution < -0.4 is 5.32 Å². The molecule has 4 rings (SSSR count). The van der Waals surface area contributed by atoms with Gasteiger partial charge in [-0.05, 0) is 77.3 Å². The molecule has 0 saturated carbocycles. The molecule has 3 aliphatic heterocycles. The number of rotatable bonds is 6. The Morgan fingerprint density at radius 1 is 0.852 bits per heavy atom. The van der Waals surface area contributed by atoms with Crippen molar-refractivity contribution in [3.8, 4) is 0 Å². The first-order valence-corrected chi connectivity index (χ1v) is 11.2. The molecule has 4 nitrogen and oxygen atoms in total. The minimum absolute atomic E-state index is 0.727. The third-order valence-electron chi connectivity index (χ3n) is 7.04. The molecule has 0 aromatic heterocycles. The molecule has 0 spiro atoms. The van der Waals surface area contributed by atoms with Gasteiger partial charge in [0, 0.05) is 37.8 Å². The van der Waals surface area contributed by atoms with E-state index >= 15 is 0 Å². The van der Waals surface area contributed by atoms with Gasteiger partial charge in [0.15, 0.2) is 0 Å². The number of piperidine rings is 2. The molecular formula is C23H38N4. The predicted octanol–water partition coefficient (Wildman–Crippen LogP) is 2.45. The Morgan fingerprint density at radius 3 is 2.30 bits per heavy atom. The molecule has 0 aliphatic carbocycles. The van der Waals surface area contributed by atoms with Gasteiger partial charge in [0.2, 0.25) is 0 Å². The molecule has 0 bridgehead atoms. The Bertz CT molecular complexity index is 547. The number of nitrogens with one attached hydrogen (secondary N) is 1. The van der Waals surface area contributed by atoms with Crippen molar-refractivity contribution >= 4 is 0 Å². The van der Waals surface area contributed by atoms with Gasteiger partial charge in [-0.1, -0.05) is 30.3 Å². The van der Waals surface area contributed by atoms with E-state index < -0.39 is 0 Å². The van der Waals surface area contributed by atoms with Crippen LogP contribution in [0.5, 0.6) is 0 Å². The zero-order chi connectivity index (χ0) is 18.5. The van der Waals surface area contributed by atoms with Gasteiger partial charge in [-0.3, -0.25) is 4.90 Å². The largest absolute Gasteiger partial charge is 0.310 e. The Hall–Kier alpha value is -0.940. The van der Waals surface area contributed by atoms with Gasteiger partial charge in [0.05, 0.1) is 0 Å². The van der Waals surface area contributed by atoms with E-state index in [-0.39, 0.29) is 0 Å². The van der Waals surface area contributed by atoms with E-state index in [2.05, 4.69) is 57.4 Å². The molecule has 4 heteroatoms. The van der Waals surface area contributed by atoms with E-state index in [9.17, 15) is 0 Å². The smallest absolute Gasteiger partial charge is 0.0209 e. The van der Waals surface area contributed by atoms with E-state index in [0.29, 0.717) is 0 Å². The number of benzene rings is 1. The molecular weight excluding hydrogens is 332 g/mol. The minimum Gasteiger partial charge on any atom is -0.310 e. The molecule has 1 aromatic carbocycles. The van der Waals surface area contributed by atoms with Crippen LogP contribution in [0.25, 0.3) is 0 Å². The van der Waals surface area contributed by atoms with Crippen LogP contribution in [-0.4, -0.2) is 85.7 Å². The number of hydrogen-bond donors (Lipinski definition) is 1. The van der Waals surface area contributed by atoms with E-state index in [4.69, 9.17) is 0 Å². The summed E-state index contributed by atoms with van der Waals surface area (Å²) in [4.78, 5) is 7.91. The molecule has 0 radical (unpaired) electrons. The first-order valence-electron chi connectivity index (χ1n) is 11.2. The topological polar surface area (TPSA) is 21.8 Å². The first kappa shape index (κ1) is 19.4. The summed E-state index contributed by atoms with van der Waals surface area (Å²) in [5.74, 6) is 0. The lowest BCUT2D eigenvalue weighted by atomic mass is 10.0. The van der Waals surface area contributed by atoms with Gasteiger partial charge in [-0.15, -0.1) is 0 Å². The number of hydrogen-bond acceptors (Lipinski definition) is 4. The molecule has 27 heavy (non-hydrogen) atoms. The van der Waals surface area contributed by atoms with Crippen LogP contribution in [0, 0.1) is 0 Å². The maximum atomic E-state index is 4.01. The summed E-state index contributed by atoms with van der Waals surface area (Å²) in [5, 5.41) is 4.01. The fraction of sp³-hybridized carbons (Fsp3) is 0.739. The van der Waals surface area contributed by atoms with Gasteiger partial charge in [-0.2, -0.15) is 0 Å². The molecule has 150 valence electrons. The summed E-state index contributed by atoms with van der Waals surface area (Å²) in [5.41, 5.74) is 1.47. The highest BCUT2D eigenvalue weighted by Crippen LogP contribution is 2.22. The van der Waals surface area contributed by atoms with Gasteiger partial charge in [0.1, 0.15) is 0 Å². The molecule has 3 heterocycles. The van der Waals surface area contributed by atoms with Crippen molar-refractivity contribution in [1.82, 2.24) is 20.0 Å². The summed E-state index contributed by atoms with van der Waals surface area (Å²) >= 11 is 0. The third-order valence-corrected chi connectivity index (χ3v) is 7.04. The van der Waals surface area contributed by atoms with Crippen molar-refractivity contribution in [3.05, 3.63) is 35.9 Å². The Morgan fingerprint density at radius 2 is 1.56 bits per heavy atom. The molecule has 1 unspecified atom stereocenters. The highest BCUT2D eigenvalue weighted by atomic mass is 15.2. The lowest BCUT2D eigenvalue weighted by Crippen LogP contribution is -2.48. The summed E-state index contributed by atoms with van der Waals surface area (Å²) in [6, 6.07) is 13.2. The summed E-state index contributed by atoms with van der Waals surface area (Å²) in [7, 11) is 2.26. The van der Waals surface area contributed by atoms with Crippen molar-refractivity contribution in [1.29, 1.82) is 0 Å². The van der Waals surface area contributed by atoms with Crippen LogP contribution >= 0.6 is 0 Å². The Balaban J connectivity index is 1.14. The quantitative estimate of drug-likeness (QED) is 0.830. The van der Waals surface area contributed by atoms with Crippen LogP contribution in [0.15, 0.2) is 30.3 Å². The van der Waals surface area contributed by atoms with Gasteiger partial charge < -0.3 is 15.1 Å². The summed E-state index contributed by atoms with van der Waals surface area (Å²) in [6.45, 7) is 8.88. The highest BCUT2D eigenvalue weighted by molar-refractivity contribution is 5.14.